The van der Waals surface area contributed by atoms with Crippen LogP contribution >= 0.6 is 0 Å². The number of nitriles is 1. The second-order valence-corrected chi connectivity index (χ2v) is 5.72. The van der Waals surface area contributed by atoms with Crippen molar-refractivity contribution in [1.29, 1.82) is 5.26 Å². The molecule has 1 aliphatic heterocycles. The maximum atomic E-state index is 10.4. The summed E-state index contributed by atoms with van der Waals surface area (Å²) in [4.78, 5) is 4.56. The van der Waals surface area contributed by atoms with Crippen molar-refractivity contribution in [2.45, 2.75) is 12.5 Å². The third kappa shape index (κ3) is 2.04. The van der Waals surface area contributed by atoms with Gasteiger partial charge in [-0.1, -0.05) is 24.3 Å². The minimum absolute atomic E-state index is 0.0844. The van der Waals surface area contributed by atoms with Crippen LogP contribution in [-0.4, -0.2) is 21.8 Å². The van der Waals surface area contributed by atoms with Crippen molar-refractivity contribution >= 4 is 16.6 Å². The van der Waals surface area contributed by atoms with Crippen molar-refractivity contribution in [2.24, 2.45) is 0 Å². The summed E-state index contributed by atoms with van der Waals surface area (Å²) in [5, 5.41) is 19.8. The molecule has 2 aromatic carbocycles. The highest BCUT2D eigenvalue weighted by molar-refractivity contribution is 5.85. The van der Waals surface area contributed by atoms with Crippen LogP contribution < -0.4 is 4.74 Å². The molecule has 24 heavy (non-hydrogen) atoms. The summed E-state index contributed by atoms with van der Waals surface area (Å²) in [5.74, 6) is 1.38. The van der Waals surface area contributed by atoms with Crippen molar-refractivity contribution < 1.29 is 9.84 Å². The van der Waals surface area contributed by atoms with E-state index in [2.05, 4.69) is 11.1 Å². The fraction of sp³-hybridized carbons (Fsp3) is 0.158. The summed E-state index contributed by atoms with van der Waals surface area (Å²) in [5.41, 5.74) is 3.04. The van der Waals surface area contributed by atoms with Crippen LogP contribution in [0.4, 0.5) is 0 Å². The van der Waals surface area contributed by atoms with E-state index in [-0.39, 0.29) is 17.4 Å². The number of para-hydroxylation sites is 2. The predicted molar refractivity (Wildman–Crippen MR) is 90.6 cm³/mol. The Morgan fingerprint density at radius 2 is 1.96 bits per heavy atom. The zero-order valence-electron chi connectivity index (χ0n) is 13.1. The maximum Gasteiger partial charge on any atom is 0.155 e. The summed E-state index contributed by atoms with van der Waals surface area (Å²) in [7, 11) is 1.63. The van der Waals surface area contributed by atoms with Crippen LogP contribution in [0.5, 0.6) is 5.75 Å². The summed E-state index contributed by atoms with van der Waals surface area (Å²) >= 11 is 0. The van der Waals surface area contributed by atoms with Gasteiger partial charge in [-0.15, -0.1) is 0 Å². The lowest BCUT2D eigenvalue weighted by Gasteiger charge is -2.26. The highest BCUT2D eigenvalue weighted by Crippen LogP contribution is 2.38. The van der Waals surface area contributed by atoms with E-state index in [1.54, 1.807) is 7.11 Å². The van der Waals surface area contributed by atoms with Gasteiger partial charge >= 0.3 is 0 Å². The molecule has 5 heteroatoms. The van der Waals surface area contributed by atoms with E-state index in [1.807, 2.05) is 53.1 Å². The molecule has 1 aliphatic rings. The number of ether oxygens (including phenoxy) is 1. The number of fused-ring (bicyclic) bond motifs is 3. The number of hydrogen-bond donors (Lipinski definition) is 1. The van der Waals surface area contributed by atoms with Crippen LogP contribution in [0.2, 0.25) is 0 Å². The number of aromatic nitrogens is 2. The van der Waals surface area contributed by atoms with Gasteiger partial charge < -0.3 is 14.4 Å². The predicted octanol–water partition coefficient (Wildman–Crippen LogP) is 3.83. The molecular formula is C19H15N3O2. The topological polar surface area (TPSA) is 71.1 Å². The molecule has 3 aromatic rings. The molecule has 0 spiro atoms. The van der Waals surface area contributed by atoms with Gasteiger partial charge in [0.05, 0.1) is 24.2 Å². The van der Waals surface area contributed by atoms with Gasteiger partial charge in [-0.25, -0.2) is 4.98 Å². The Hall–Kier alpha value is -3.26. The Bertz CT molecular complexity index is 994. The first-order valence-corrected chi connectivity index (χ1v) is 7.66. The number of methoxy groups -OCH3 is 1. The number of aliphatic hydroxyl groups is 1. The van der Waals surface area contributed by atoms with E-state index in [1.165, 1.54) is 0 Å². The summed E-state index contributed by atoms with van der Waals surface area (Å²) in [6, 6.07) is 17.5. The Morgan fingerprint density at radius 1 is 1.21 bits per heavy atom. The minimum Gasteiger partial charge on any atom is -0.511 e. The normalized spacial score (nSPS) is 16.8. The second-order valence-electron chi connectivity index (χ2n) is 5.72. The van der Waals surface area contributed by atoms with Crippen molar-refractivity contribution in [1.82, 2.24) is 9.55 Å². The van der Waals surface area contributed by atoms with Crippen LogP contribution in [0, 0.1) is 11.3 Å². The first kappa shape index (κ1) is 14.3. The zero-order valence-corrected chi connectivity index (χ0v) is 13.1. The molecule has 2 heterocycles. The first-order valence-electron chi connectivity index (χ1n) is 7.66. The van der Waals surface area contributed by atoms with Gasteiger partial charge in [-0.2, -0.15) is 5.26 Å². The lowest BCUT2D eigenvalue weighted by molar-refractivity contribution is 0.358. The first-order chi connectivity index (χ1) is 11.7. The Labute approximate surface area is 139 Å². The maximum absolute atomic E-state index is 10.4. The molecule has 0 fully saturated rings. The number of hydrogen-bond acceptors (Lipinski definition) is 4. The summed E-state index contributed by atoms with van der Waals surface area (Å²) in [6.07, 6.45) is 0.364. The van der Waals surface area contributed by atoms with Crippen molar-refractivity contribution in [3.63, 3.8) is 0 Å². The number of imidazole rings is 1. The fourth-order valence-corrected chi connectivity index (χ4v) is 3.25. The van der Waals surface area contributed by atoms with E-state index >= 15 is 0 Å². The summed E-state index contributed by atoms with van der Waals surface area (Å²) in [6.45, 7) is 0. The second kappa shape index (κ2) is 5.43. The number of benzene rings is 2. The lowest BCUT2D eigenvalue weighted by atomic mass is 9.96. The smallest absolute Gasteiger partial charge is 0.155 e. The van der Waals surface area contributed by atoms with Crippen LogP contribution in [0.1, 0.15) is 23.9 Å². The molecular weight excluding hydrogens is 302 g/mol. The molecule has 5 nitrogen and oxygen atoms in total. The number of rotatable bonds is 2. The standard InChI is InChI=1S/C19H15N3O2/c1-24-13-8-6-12(7-9-13)17-10-18(23)14(11-20)19-21-15-4-2-3-5-16(15)22(17)19/h2-9,17,23H,10H2,1H3. The molecule has 118 valence electrons. The molecule has 0 amide bonds. The van der Waals surface area contributed by atoms with Gasteiger partial charge in [-0.05, 0) is 29.8 Å². The molecule has 1 atom stereocenters. The molecule has 1 unspecified atom stereocenters. The molecule has 1 N–H and O–H groups in total. The molecule has 0 saturated carbocycles. The van der Waals surface area contributed by atoms with Crippen molar-refractivity contribution in [3.8, 4) is 11.8 Å². The van der Waals surface area contributed by atoms with Gasteiger partial charge in [-0.3, -0.25) is 0 Å². The number of nitrogens with zero attached hydrogens (tertiary/aromatic N) is 3. The van der Waals surface area contributed by atoms with E-state index in [9.17, 15) is 10.4 Å². The molecule has 1 aromatic heterocycles. The van der Waals surface area contributed by atoms with E-state index in [0.29, 0.717) is 12.2 Å². The highest BCUT2D eigenvalue weighted by Gasteiger charge is 2.30. The fourth-order valence-electron chi connectivity index (χ4n) is 3.25. The van der Waals surface area contributed by atoms with Crippen LogP contribution in [-0.2, 0) is 0 Å². The highest BCUT2D eigenvalue weighted by atomic mass is 16.5. The average Bonchev–Trinajstić information content (AvgIpc) is 3.00. The Kier molecular flexibility index (Phi) is 3.24. The monoisotopic (exact) mass is 317 g/mol. The largest absolute Gasteiger partial charge is 0.511 e. The number of aliphatic hydroxyl groups excluding tert-OH is 1. The van der Waals surface area contributed by atoms with E-state index in [0.717, 1.165) is 22.3 Å². The molecule has 0 aliphatic carbocycles. The molecule has 4 rings (SSSR count). The van der Waals surface area contributed by atoms with Crippen molar-refractivity contribution in [2.75, 3.05) is 7.11 Å². The van der Waals surface area contributed by atoms with Crippen LogP contribution in [0.15, 0.2) is 54.3 Å². The van der Waals surface area contributed by atoms with Crippen LogP contribution in [0.3, 0.4) is 0 Å². The Morgan fingerprint density at radius 3 is 2.67 bits per heavy atom. The minimum atomic E-state index is -0.115. The third-order valence-electron chi connectivity index (χ3n) is 4.42. The molecule has 0 bridgehead atoms. The van der Waals surface area contributed by atoms with Gasteiger partial charge in [0.1, 0.15) is 23.2 Å². The average molecular weight is 317 g/mol. The van der Waals surface area contributed by atoms with Crippen molar-refractivity contribution in [3.05, 3.63) is 65.7 Å². The van der Waals surface area contributed by atoms with Gasteiger partial charge in [0.15, 0.2) is 5.82 Å². The van der Waals surface area contributed by atoms with Gasteiger partial charge in [0, 0.05) is 6.42 Å². The Balaban J connectivity index is 1.95. The van der Waals surface area contributed by atoms with E-state index in [4.69, 9.17) is 4.74 Å². The molecule has 0 radical (unpaired) electrons. The summed E-state index contributed by atoms with van der Waals surface area (Å²) < 4.78 is 7.25. The SMILES string of the molecule is COc1ccc(C2CC(O)=C(C#N)c3nc4ccccc4n32)cc1. The molecule has 0 saturated heterocycles. The quantitative estimate of drug-likeness (QED) is 0.779. The number of allylic oxidation sites excluding steroid dienone is 2. The zero-order chi connectivity index (χ0) is 16.7. The lowest BCUT2D eigenvalue weighted by Crippen LogP contribution is -2.19. The third-order valence-corrected chi connectivity index (χ3v) is 4.42. The van der Waals surface area contributed by atoms with E-state index < -0.39 is 0 Å². The van der Waals surface area contributed by atoms with Gasteiger partial charge in [0.25, 0.3) is 0 Å². The van der Waals surface area contributed by atoms with Crippen LogP contribution in [0.25, 0.3) is 16.6 Å². The van der Waals surface area contributed by atoms with Gasteiger partial charge in [0.2, 0.25) is 0 Å².